The molecule has 0 heterocycles. The average Bonchev–Trinajstić information content (AvgIpc) is 2.46. The fraction of sp³-hybridized carbons (Fsp3) is 0.200. The second-order valence-electron chi connectivity index (χ2n) is 3.90. The molecular weight excluding hydrogens is 226 g/mol. The first-order valence-electron chi connectivity index (χ1n) is 5.90. The molecule has 0 aliphatic heterocycles. The molecule has 2 aromatic carbocycles. The molecule has 0 saturated carbocycles. The Kier molecular flexibility index (Phi) is 4.20. The third kappa shape index (κ3) is 2.81. The van der Waals surface area contributed by atoms with Crippen molar-refractivity contribution in [3.63, 3.8) is 0 Å². The molecule has 0 saturated heterocycles. The van der Waals surface area contributed by atoms with E-state index in [1.165, 1.54) is 0 Å². The number of rotatable bonds is 5. The zero-order chi connectivity index (χ0) is 12.8. The van der Waals surface area contributed by atoms with Crippen LogP contribution in [0, 0.1) is 0 Å². The number of hydrogen-bond acceptors (Lipinski definition) is 3. The zero-order valence-corrected chi connectivity index (χ0v) is 10.4. The summed E-state index contributed by atoms with van der Waals surface area (Å²) in [6, 6.07) is 17.5. The molecule has 2 rings (SSSR count). The Morgan fingerprint density at radius 1 is 0.944 bits per heavy atom. The molecule has 0 aromatic heterocycles. The van der Waals surface area contributed by atoms with Crippen LogP contribution < -0.4 is 15.2 Å². The van der Waals surface area contributed by atoms with Gasteiger partial charge in [0.1, 0.15) is 6.10 Å². The summed E-state index contributed by atoms with van der Waals surface area (Å²) in [6.07, 6.45) is -0.164. The Bertz CT molecular complexity index is 485. The van der Waals surface area contributed by atoms with Crippen LogP contribution in [0.25, 0.3) is 0 Å². The molecule has 0 bridgehead atoms. The lowest BCUT2D eigenvalue weighted by molar-refractivity contribution is 0.204. The van der Waals surface area contributed by atoms with Crippen LogP contribution in [-0.2, 0) is 0 Å². The van der Waals surface area contributed by atoms with Gasteiger partial charge < -0.3 is 15.2 Å². The molecule has 1 atom stereocenters. The standard InChI is InChI=1S/C15H17NO2/c1-17-13-9-5-6-10-14(13)18-15(11-16)12-7-3-2-4-8-12/h2-10,15H,11,16H2,1H3/t15-/m1/s1. The largest absolute Gasteiger partial charge is 0.493 e. The number of hydrogen-bond donors (Lipinski definition) is 1. The second kappa shape index (κ2) is 6.07. The van der Waals surface area contributed by atoms with Crippen molar-refractivity contribution in [3.8, 4) is 11.5 Å². The van der Waals surface area contributed by atoms with Gasteiger partial charge >= 0.3 is 0 Å². The summed E-state index contributed by atoms with van der Waals surface area (Å²) in [5.74, 6) is 1.42. The first kappa shape index (κ1) is 12.5. The maximum Gasteiger partial charge on any atom is 0.162 e. The highest BCUT2D eigenvalue weighted by Crippen LogP contribution is 2.30. The van der Waals surface area contributed by atoms with Gasteiger partial charge in [-0.2, -0.15) is 0 Å². The van der Waals surface area contributed by atoms with Crippen LogP contribution in [0.15, 0.2) is 54.6 Å². The van der Waals surface area contributed by atoms with Crippen molar-refractivity contribution in [1.29, 1.82) is 0 Å². The quantitative estimate of drug-likeness (QED) is 0.878. The van der Waals surface area contributed by atoms with E-state index in [0.717, 1.165) is 5.56 Å². The molecule has 3 heteroatoms. The van der Waals surface area contributed by atoms with Gasteiger partial charge in [-0.15, -0.1) is 0 Å². The first-order valence-corrected chi connectivity index (χ1v) is 5.90. The van der Waals surface area contributed by atoms with E-state index in [4.69, 9.17) is 15.2 Å². The smallest absolute Gasteiger partial charge is 0.162 e. The Hall–Kier alpha value is -2.00. The van der Waals surface area contributed by atoms with Crippen molar-refractivity contribution in [2.45, 2.75) is 6.10 Å². The lowest BCUT2D eigenvalue weighted by atomic mass is 10.1. The van der Waals surface area contributed by atoms with Crippen molar-refractivity contribution < 1.29 is 9.47 Å². The number of para-hydroxylation sites is 2. The highest BCUT2D eigenvalue weighted by Gasteiger charge is 2.13. The number of ether oxygens (including phenoxy) is 2. The summed E-state index contributed by atoms with van der Waals surface area (Å²) in [7, 11) is 1.63. The van der Waals surface area contributed by atoms with Gasteiger partial charge in [0.15, 0.2) is 11.5 Å². The molecule has 94 valence electrons. The highest BCUT2D eigenvalue weighted by atomic mass is 16.5. The van der Waals surface area contributed by atoms with E-state index in [1.54, 1.807) is 7.11 Å². The van der Waals surface area contributed by atoms with Crippen LogP contribution in [0.4, 0.5) is 0 Å². The fourth-order valence-electron chi connectivity index (χ4n) is 1.79. The maximum absolute atomic E-state index is 5.92. The van der Waals surface area contributed by atoms with Gasteiger partial charge in [0.05, 0.1) is 7.11 Å². The van der Waals surface area contributed by atoms with Crippen molar-refractivity contribution in [2.24, 2.45) is 5.73 Å². The van der Waals surface area contributed by atoms with Crippen molar-refractivity contribution >= 4 is 0 Å². The molecule has 2 aromatic rings. The van der Waals surface area contributed by atoms with Crippen LogP contribution >= 0.6 is 0 Å². The van der Waals surface area contributed by atoms with E-state index >= 15 is 0 Å². The van der Waals surface area contributed by atoms with E-state index < -0.39 is 0 Å². The molecule has 0 unspecified atom stereocenters. The van der Waals surface area contributed by atoms with E-state index in [1.807, 2.05) is 54.6 Å². The summed E-state index contributed by atoms with van der Waals surface area (Å²) in [5, 5.41) is 0. The third-order valence-electron chi connectivity index (χ3n) is 2.72. The minimum Gasteiger partial charge on any atom is -0.493 e. The van der Waals surface area contributed by atoms with Crippen LogP contribution in [0.1, 0.15) is 11.7 Å². The van der Waals surface area contributed by atoms with Gasteiger partial charge in [0.2, 0.25) is 0 Å². The summed E-state index contributed by atoms with van der Waals surface area (Å²) in [6.45, 7) is 0.419. The zero-order valence-electron chi connectivity index (χ0n) is 10.4. The predicted octanol–water partition coefficient (Wildman–Crippen LogP) is 2.77. The number of benzene rings is 2. The van der Waals surface area contributed by atoms with Gasteiger partial charge in [0.25, 0.3) is 0 Å². The fourth-order valence-corrected chi connectivity index (χ4v) is 1.79. The van der Waals surface area contributed by atoms with E-state index in [-0.39, 0.29) is 6.10 Å². The second-order valence-corrected chi connectivity index (χ2v) is 3.90. The lowest BCUT2D eigenvalue weighted by Gasteiger charge is -2.19. The van der Waals surface area contributed by atoms with Crippen LogP contribution in [-0.4, -0.2) is 13.7 Å². The summed E-state index contributed by atoms with van der Waals surface area (Å²) in [4.78, 5) is 0. The van der Waals surface area contributed by atoms with Gasteiger partial charge in [-0.25, -0.2) is 0 Å². The highest BCUT2D eigenvalue weighted by molar-refractivity contribution is 5.40. The predicted molar refractivity (Wildman–Crippen MR) is 71.9 cm³/mol. The number of methoxy groups -OCH3 is 1. The third-order valence-corrected chi connectivity index (χ3v) is 2.72. The Morgan fingerprint density at radius 2 is 1.56 bits per heavy atom. The molecule has 0 amide bonds. The minimum absolute atomic E-state index is 0.164. The molecular formula is C15H17NO2. The molecule has 3 nitrogen and oxygen atoms in total. The van der Waals surface area contributed by atoms with Gasteiger partial charge in [0, 0.05) is 6.54 Å². The summed E-state index contributed by atoms with van der Waals surface area (Å²) < 4.78 is 11.2. The molecule has 0 spiro atoms. The molecule has 0 aliphatic rings. The molecule has 0 radical (unpaired) electrons. The van der Waals surface area contributed by atoms with E-state index in [0.29, 0.717) is 18.0 Å². The summed E-state index contributed by atoms with van der Waals surface area (Å²) in [5.41, 5.74) is 6.84. The molecule has 0 fully saturated rings. The van der Waals surface area contributed by atoms with E-state index in [9.17, 15) is 0 Å². The van der Waals surface area contributed by atoms with Gasteiger partial charge in [-0.05, 0) is 17.7 Å². The van der Waals surface area contributed by atoms with Crippen molar-refractivity contribution in [2.75, 3.05) is 13.7 Å². The van der Waals surface area contributed by atoms with Crippen LogP contribution in [0.2, 0.25) is 0 Å². The topological polar surface area (TPSA) is 44.5 Å². The average molecular weight is 243 g/mol. The first-order chi connectivity index (χ1) is 8.85. The van der Waals surface area contributed by atoms with Crippen LogP contribution in [0.5, 0.6) is 11.5 Å². The summed E-state index contributed by atoms with van der Waals surface area (Å²) >= 11 is 0. The van der Waals surface area contributed by atoms with Gasteiger partial charge in [-0.3, -0.25) is 0 Å². The van der Waals surface area contributed by atoms with Crippen molar-refractivity contribution in [1.82, 2.24) is 0 Å². The molecule has 0 aliphatic carbocycles. The Balaban J connectivity index is 2.21. The number of nitrogens with two attached hydrogens (primary N) is 1. The maximum atomic E-state index is 5.92. The van der Waals surface area contributed by atoms with Crippen LogP contribution in [0.3, 0.4) is 0 Å². The Labute approximate surface area is 107 Å². The normalized spacial score (nSPS) is 11.9. The molecule has 18 heavy (non-hydrogen) atoms. The Morgan fingerprint density at radius 3 is 2.17 bits per heavy atom. The van der Waals surface area contributed by atoms with E-state index in [2.05, 4.69) is 0 Å². The SMILES string of the molecule is COc1ccccc1O[C@H](CN)c1ccccc1. The minimum atomic E-state index is -0.164. The molecule has 2 N–H and O–H groups in total. The monoisotopic (exact) mass is 243 g/mol. The van der Waals surface area contributed by atoms with Crippen molar-refractivity contribution in [3.05, 3.63) is 60.2 Å². The van der Waals surface area contributed by atoms with Gasteiger partial charge in [-0.1, -0.05) is 42.5 Å². The lowest BCUT2D eigenvalue weighted by Crippen LogP contribution is -2.18.